The Morgan fingerprint density at radius 2 is 0.860 bits per heavy atom. The zero-order valence-corrected chi connectivity index (χ0v) is 24.8. The summed E-state index contributed by atoms with van der Waals surface area (Å²) in [5.41, 5.74) is 12.8. The normalized spacial score (nSPS) is 12.1. The van der Waals surface area contributed by atoms with Gasteiger partial charge in [0.15, 0.2) is 0 Å². The number of para-hydroxylation sites is 1. The van der Waals surface area contributed by atoms with Crippen molar-refractivity contribution in [2.24, 2.45) is 0 Å². The second kappa shape index (κ2) is 9.71. The summed E-state index contributed by atoms with van der Waals surface area (Å²) in [6.45, 7) is 6.79. The number of nitrogens with zero attached hydrogens (tertiary/aromatic N) is 1. The van der Waals surface area contributed by atoms with Crippen molar-refractivity contribution >= 4 is 38.6 Å². The molecule has 0 saturated heterocycles. The van der Waals surface area contributed by atoms with Crippen molar-refractivity contribution < 1.29 is 0 Å². The third-order valence-electron chi connectivity index (χ3n) is 8.89. The van der Waals surface area contributed by atoms with Crippen LogP contribution in [-0.4, -0.2) is 0 Å². The van der Waals surface area contributed by atoms with Gasteiger partial charge in [0, 0.05) is 17.1 Å². The number of benzene rings is 7. The lowest BCUT2D eigenvalue weighted by Crippen LogP contribution is -2.13. The highest BCUT2D eigenvalue weighted by Gasteiger charge is 2.24. The van der Waals surface area contributed by atoms with Crippen LogP contribution in [-0.2, 0) is 5.41 Å². The average molecular weight is 552 g/mol. The monoisotopic (exact) mass is 551 g/mol. The molecule has 0 aromatic heterocycles. The standard InChI is InChI=1S/C42H33N/c1-42(2,3)34-17-20-36(21-18-34)43(35-12-8-5-9-13-35)37-19-16-31-25-39-40-26-32-22-29(28-10-6-4-7-11-28)14-15-30(32)24-38(40)41(39)27-33(31)23-37/h4-27H,1-3H3. The third-order valence-corrected chi connectivity index (χ3v) is 8.89. The van der Waals surface area contributed by atoms with Crippen LogP contribution in [0.3, 0.4) is 0 Å². The highest BCUT2D eigenvalue weighted by Crippen LogP contribution is 2.51. The van der Waals surface area contributed by atoms with Gasteiger partial charge in [0.05, 0.1) is 0 Å². The van der Waals surface area contributed by atoms with Crippen LogP contribution in [0.5, 0.6) is 0 Å². The third kappa shape index (κ3) is 4.40. The largest absolute Gasteiger partial charge is 0.310 e. The molecule has 0 bridgehead atoms. The molecule has 43 heavy (non-hydrogen) atoms. The molecule has 0 aliphatic heterocycles. The van der Waals surface area contributed by atoms with E-state index in [1.54, 1.807) is 0 Å². The Morgan fingerprint density at radius 1 is 0.372 bits per heavy atom. The van der Waals surface area contributed by atoms with Crippen molar-refractivity contribution in [2.45, 2.75) is 26.2 Å². The van der Waals surface area contributed by atoms with Crippen molar-refractivity contribution in [3.05, 3.63) is 151 Å². The number of hydrogen-bond donors (Lipinski definition) is 0. The summed E-state index contributed by atoms with van der Waals surface area (Å²) in [6.07, 6.45) is 0. The summed E-state index contributed by atoms with van der Waals surface area (Å²) in [5, 5.41) is 5.10. The fourth-order valence-corrected chi connectivity index (χ4v) is 6.50. The highest BCUT2D eigenvalue weighted by atomic mass is 15.1. The van der Waals surface area contributed by atoms with E-state index in [-0.39, 0.29) is 5.41 Å². The molecule has 1 aliphatic carbocycles. The summed E-state index contributed by atoms with van der Waals surface area (Å²) < 4.78 is 0. The first-order valence-electron chi connectivity index (χ1n) is 15.1. The molecular weight excluding hydrogens is 518 g/mol. The molecular formula is C42H33N. The predicted octanol–water partition coefficient (Wildman–Crippen LogP) is 12.1. The van der Waals surface area contributed by atoms with Crippen LogP contribution < -0.4 is 4.90 Å². The fraction of sp³-hybridized carbons (Fsp3) is 0.0952. The minimum Gasteiger partial charge on any atom is -0.310 e. The van der Waals surface area contributed by atoms with Crippen LogP contribution in [0.15, 0.2) is 146 Å². The van der Waals surface area contributed by atoms with Crippen LogP contribution in [0.4, 0.5) is 17.1 Å². The lowest BCUT2D eigenvalue weighted by Gasteiger charge is -2.28. The smallest absolute Gasteiger partial charge is 0.0468 e. The van der Waals surface area contributed by atoms with Crippen LogP contribution in [0.25, 0.3) is 54.9 Å². The molecule has 0 atom stereocenters. The molecule has 0 unspecified atom stereocenters. The van der Waals surface area contributed by atoms with Crippen molar-refractivity contribution in [1.82, 2.24) is 0 Å². The number of fused-ring (bicyclic) bond motifs is 6. The van der Waals surface area contributed by atoms with E-state index in [1.165, 1.54) is 60.5 Å². The molecule has 1 aliphatic rings. The predicted molar refractivity (Wildman–Crippen MR) is 185 cm³/mol. The molecule has 0 N–H and O–H groups in total. The Balaban J connectivity index is 1.20. The van der Waals surface area contributed by atoms with Crippen LogP contribution >= 0.6 is 0 Å². The Kier molecular flexibility index (Phi) is 5.77. The van der Waals surface area contributed by atoms with Gasteiger partial charge in [-0.2, -0.15) is 0 Å². The molecule has 0 spiro atoms. The van der Waals surface area contributed by atoms with Gasteiger partial charge in [-0.15, -0.1) is 0 Å². The van der Waals surface area contributed by atoms with E-state index >= 15 is 0 Å². The minimum absolute atomic E-state index is 0.118. The van der Waals surface area contributed by atoms with E-state index in [2.05, 4.69) is 171 Å². The zero-order chi connectivity index (χ0) is 29.1. The van der Waals surface area contributed by atoms with Gasteiger partial charge in [0.25, 0.3) is 0 Å². The summed E-state index contributed by atoms with van der Waals surface area (Å²) in [7, 11) is 0. The number of anilines is 3. The van der Waals surface area contributed by atoms with Crippen molar-refractivity contribution in [1.29, 1.82) is 0 Å². The van der Waals surface area contributed by atoms with E-state index in [1.807, 2.05) is 0 Å². The quantitative estimate of drug-likeness (QED) is 0.210. The molecule has 1 nitrogen and oxygen atoms in total. The lowest BCUT2D eigenvalue weighted by atomic mass is 9.77. The first kappa shape index (κ1) is 25.6. The zero-order valence-electron chi connectivity index (χ0n) is 24.8. The highest BCUT2D eigenvalue weighted by molar-refractivity contribution is 6.12. The topological polar surface area (TPSA) is 3.24 Å². The van der Waals surface area contributed by atoms with E-state index < -0.39 is 0 Å². The van der Waals surface area contributed by atoms with Crippen molar-refractivity contribution in [3.8, 4) is 33.4 Å². The van der Waals surface area contributed by atoms with Crippen LogP contribution in [0.2, 0.25) is 0 Å². The van der Waals surface area contributed by atoms with Gasteiger partial charge in [0.1, 0.15) is 0 Å². The first-order valence-corrected chi connectivity index (χ1v) is 15.1. The molecule has 0 amide bonds. The van der Waals surface area contributed by atoms with Crippen molar-refractivity contribution in [3.63, 3.8) is 0 Å². The van der Waals surface area contributed by atoms with Gasteiger partial charge in [-0.25, -0.2) is 0 Å². The van der Waals surface area contributed by atoms with Gasteiger partial charge in [-0.05, 0) is 133 Å². The Morgan fingerprint density at radius 3 is 1.47 bits per heavy atom. The second-order valence-electron chi connectivity index (χ2n) is 12.7. The van der Waals surface area contributed by atoms with Gasteiger partial charge in [-0.1, -0.05) is 99.6 Å². The molecule has 0 saturated carbocycles. The van der Waals surface area contributed by atoms with Crippen LogP contribution in [0.1, 0.15) is 26.3 Å². The lowest BCUT2D eigenvalue weighted by molar-refractivity contribution is 0.590. The second-order valence-corrected chi connectivity index (χ2v) is 12.7. The van der Waals surface area contributed by atoms with Gasteiger partial charge in [-0.3, -0.25) is 0 Å². The Labute approximate surface area is 253 Å². The first-order chi connectivity index (χ1) is 20.9. The molecule has 206 valence electrons. The Hall–Kier alpha value is -5.14. The van der Waals surface area contributed by atoms with Gasteiger partial charge < -0.3 is 4.90 Å². The van der Waals surface area contributed by atoms with E-state index in [0.29, 0.717) is 0 Å². The summed E-state index contributed by atoms with van der Waals surface area (Å²) >= 11 is 0. The summed E-state index contributed by atoms with van der Waals surface area (Å²) in [6, 6.07) is 53.5. The maximum Gasteiger partial charge on any atom is 0.0468 e. The SMILES string of the molecule is CC(C)(C)c1ccc(N(c2ccccc2)c2ccc3cc4c(cc3c2)-c2cc3ccc(-c5ccccc5)cc3cc2-4)cc1. The average Bonchev–Trinajstić information content (AvgIpc) is 3.04. The molecule has 8 rings (SSSR count). The van der Waals surface area contributed by atoms with Crippen LogP contribution in [0, 0.1) is 0 Å². The summed E-state index contributed by atoms with van der Waals surface area (Å²) in [5.74, 6) is 0. The van der Waals surface area contributed by atoms with E-state index in [9.17, 15) is 0 Å². The maximum absolute atomic E-state index is 2.38. The molecule has 7 aromatic rings. The Bertz CT molecular complexity index is 2130. The van der Waals surface area contributed by atoms with Gasteiger partial charge >= 0.3 is 0 Å². The fourth-order valence-electron chi connectivity index (χ4n) is 6.50. The van der Waals surface area contributed by atoms with Crippen molar-refractivity contribution in [2.75, 3.05) is 4.90 Å². The molecule has 0 fully saturated rings. The number of hydrogen-bond acceptors (Lipinski definition) is 1. The molecule has 7 aromatic carbocycles. The summed E-state index contributed by atoms with van der Waals surface area (Å²) in [4.78, 5) is 2.36. The molecule has 0 heterocycles. The minimum atomic E-state index is 0.118. The van der Waals surface area contributed by atoms with Gasteiger partial charge in [0.2, 0.25) is 0 Å². The molecule has 1 heteroatoms. The van der Waals surface area contributed by atoms with E-state index in [4.69, 9.17) is 0 Å². The number of rotatable bonds is 4. The maximum atomic E-state index is 2.38. The molecule has 0 radical (unpaired) electrons. The van der Waals surface area contributed by atoms with E-state index in [0.717, 1.165) is 17.1 Å².